The molecule has 25 heavy (non-hydrogen) atoms. The molecule has 1 saturated heterocycles. The van der Waals surface area contributed by atoms with Gasteiger partial charge in [-0.3, -0.25) is 25.2 Å². The molecule has 0 aliphatic carbocycles. The van der Waals surface area contributed by atoms with E-state index in [4.69, 9.17) is 0 Å². The number of carbonyl (C=O) groups is 3. The Morgan fingerprint density at radius 3 is 2.52 bits per heavy atom. The molecule has 0 spiro atoms. The molecule has 0 bridgehead atoms. The molecular weight excluding hydrogens is 320 g/mol. The van der Waals surface area contributed by atoms with Crippen LogP contribution in [0.15, 0.2) is 35.5 Å². The molecule has 0 radical (unpaired) electrons. The highest BCUT2D eigenvalue weighted by Crippen LogP contribution is 2.21. The zero-order valence-corrected chi connectivity index (χ0v) is 14.1. The molecule has 1 aliphatic rings. The maximum Gasteiger partial charge on any atom is 0.328 e. The van der Waals surface area contributed by atoms with Crippen LogP contribution < -0.4 is 10.6 Å². The number of carbonyl (C=O) groups excluding carboxylic acids is 3. The fraction of sp³-hybridized carbons (Fsp3) is 0.333. The molecule has 7 nitrogen and oxygen atoms in total. The number of aromatic nitrogens is 1. The lowest BCUT2D eigenvalue weighted by Gasteiger charge is -2.21. The summed E-state index contributed by atoms with van der Waals surface area (Å²) in [7, 11) is 0. The second-order valence-electron chi connectivity index (χ2n) is 6.14. The second-order valence-corrected chi connectivity index (χ2v) is 6.14. The number of aromatic amines is 1. The van der Waals surface area contributed by atoms with Gasteiger partial charge in [0.1, 0.15) is 0 Å². The Labute approximate surface area is 144 Å². The van der Waals surface area contributed by atoms with E-state index in [-0.39, 0.29) is 6.04 Å². The minimum absolute atomic E-state index is 0.0579. The predicted octanol–water partition coefficient (Wildman–Crippen LogP) is 1.93. The quantitative estimate of drug-likeness (QED) is 0.572. The summed E-state index contributed by atoms with van der Waals surface area (Å²) in [6.07, 6.45) is 3.44. The van der Waals surface area contributed by atoms with E-state index < -0.39 is 23.8 Å². The monoisotopic (exact) mass is 340 g/mol. The molecular formula is C18H20N4O3. The Morgan fingerprint density at radius 1 is 1.16 bits per heavy atom. The molecule has 2 aromatic rings. The van der Waals surface area contributed by atoms with Crippen LogP contribution in [0.25, 0.3) is 10.9 Å². The maximum atomic E-state index is 11.9. The van der Waals surface area contributed by atoms with Crippen molar-refractivity contribution in [1.29, 1.82) is 0 Å². The number of amides is 4. The van der Waals surface area contributed by atoms with Gasteiger partial charge in [0, 0.05) is 22.8 Å². The third-order valence-electron chi connectivity index (χ3n) is 4.40. The topological polar surface area (TPSA) is 103 Å². The van der Waals surface area contributed by atoms with Crippen LogP contribution in [0.5, 0.6) is 0 Å². The molecule has 3 rings (SSSR count). The van der Waals surface area contributed by atoms with Crippen molar-refractivity contribution in [2.24, 2.45) is 10.9 Å². The van der Waals surface area contributed by atoms with Gasteiger partial charge < -0.3 is 4.98 Å². The van der Waals surface area contributed by atoms with Crippen molar-refractivity contribution in [1.82, 2.24) is 15.6 Å². The fourth-order valence-electron chi connectivity index (χ4n) is 3.10. The first kappa shape index (κ1) is 16.9. The number of nitrogens with one attached hydrogen (secondary N) is 3. The van der Waals surface area contributed by atoms with Gasteiger partial charge in [0.2, 0.25) is 11.8 Å². The van der Waals surface area contributed by atoms with Crippen molar-refractivity contribution < 1.29 is 14.4 Å². The molecule has 7 heteroatoms. The van der Waals surface area contributed by atoms with Gasteiger partial charge in [-0.25, -0.2) is 4.79 Å². The average Bonchev–Trinajstić information content (AvgIpc) is 2.96. The van der Waals surface area contributed by atoms with Crippen LogP contribution in [0, 0.1) is 5.92 Å². The van der Waals surface area contributed by atoms with Gasteiger partial charge in [-0.1, -0.05) is 25.1 Å². The molecule has 0 saturated carbocycles. The predicted molar refractivity (Wildman–Crippen MR) is 94.4 cm³/mol. The largest absolute Gasteiger partial charge is 0.361 e. The number of H-pyrrole nitrogens is 1. The number of aliphatic imine (C=N–C) groups is 1. The molecule has 1 aromatic heterocycles. The molecule has 1 atom stereocenters. The number of fused-ring (bicyclic) bond motifs is 1. The summed E-state index contributed by atoms with van der Waals surface area (Å²) >= 11 is 0. The van der Waals surface area contributed by atoms with Crippen LogP contribution in [-0.4, -0.2) is 34.6 Å². The number of benzene rings is 1. The SMILES string of the molecule is CC[C@H](Cc1c[nH]c2ccccc12)N=C(C)C1C(=O)NC(=O)NC1=O. The first-order valence-corrected chi connectivity index (χ1v) is 8.24. The van der Waals surface area contributed by atoms with Crippen LogP contribution in [0.2, 0.25) is 0 Å². The smallest absolute Gasteiger partial charge is 0.328 e. The molecule has 1 aromatic carbocycles. The summed E-state index contributed by atoms with van der Waals surface area (Å²) in [5.41, 5.74) is 2.62. The number of hydrogen-bond donors (Lipinski definition) is 3. The van der Waals surface area contributed by atoms with E-state index in [9.17, 15) is 14.4 Å². The normalized spacial score (nSPS) is 17.5. The number of rotatable bonds is 5. The van der Waals surface area contributed by atoms with Crippen molar-refractivity contribution in [2.75, 3.05) is 0 Å². The van der Waals surface area contributed by atoms with Crippen LogP contribution in [0.3, 0.4) is 0 Å². The standard InChI is InChI=1S/C18H20N4O3/c1-3-12(8-11-9-19-14-7-5-4-6-13(11)14)20-10(2)15-16(23)21-18(25)22-17(15)24/h4-7,9,12,15,19H,3,8H2,1-2H3,(H2,21,22,23,24,25)/t12-/m1/s1. The van der Waals surface area contributed by atoms with E-state index in [0.29, 0.717) is 12.1 Å². The first-order valence-electron chi connectivity index (χ1n) is 8.24. The average molecular weight is 340 g/mol. The summed E-state index contributed by atoms with van der Waals surface area (Å²) in [6, 6.07) is 7.19. The first-order chi connectivity index (χ1) is 12.0. The van der Waals surface area contributed by atoms with Gasteiger partial charge in [0.05, 0.1) is 6.04 Å². The Balaban J connectivity index is 1.81. The van der Waals surface area contributed by atoms with Crippen molar-refractivity contribution >= 4 is 34.5 Å². The van der Waals surface area contributed by atoms with E-state index in [0.717, 1.165) is 22.9 Å². The Bertz CT molecular complexity index is 848. The Morgan fingerprint density at radius 2 is 1.84 bits per heavy atom. The van der Waals surface area contributed by atoms with Crippen molar-refractivity contribution in [2.45, 2.75) is 32.7 Å². The van der Waals surface area contributed by atoms with Crippen molar-refractivity contribution in [3.63, 3.8) is 0 Å². The van der Waals surface area contributed by atoms with Crippen molar-refractivity contribution in [3.8, 4) is 0 Å². The number of barbiturate groups is 1. The summed E-state index contributed by atoms with van der Waals surface area (Å²) < 4.78 is 0. The summed E-state index contributed by atoms with van der Waals surface area (Å²) in [4.78, 5) is 42.9. The second kappa shape index (κ2) is 6.88. The van der Waals surface area contributed by atoms with E-state index >= 15 is 0 Å². The Kier molecular flexibility index (Phi) is 4.65. The molecule has 4 amide bonds. The zero-order chi connectivity index (χ0) is 18.0. The highest BCUT2D eigenvalue weighted by molar-refractivity contribution is 6.27. The maximum absolute atomic E-state index is 11.9. The van der Waals surface area contributed by atoms with Gasteiger partial charge in [-0.2, -0.15) is 0 Å². The van der Waals surface area contributed by atoms with Crippen LogP contribution in [-0.2, 0) is 16.0 Å². The van der Waals surface area contributed by atoms with Crippen LogP contribution in [0.1, 0.15) is 25.8 Å². The molecule has 3 N–H and O–H groups in total. The molecule has 2 heterocycles. The molecule has 0 unspecified atom stereocenters. The molecule has 130 valence electrons. The van der Waals surface area contributed by atoms with E-state index in [1.54, 1.807) is 6.92 Å². The fourth-order valence-corrected chi connectivity index (χ4v) is 3.10. The van der Waals surface area contributed by atoms with Crippen LogP contribution in [0.4, 0.5) is 4.79 Å². The number of hydrogen-bond acceptors (Lipinski definition) is 4. The lowest BCUT2D eigenvalue weighted by atomic mass is 9.99. The molecule has 1 aliphatic heterocycles. The third kappa shape index (κ3) is 3.45. The van der Waals surface area contributed by atoms with Gasteiger partial charge in [-0.15, -0.1) is 0 Å². The van der Waals surface area contributed by atoms with Gasteiger partial charge in [0.25, 0.3) is 0 Å². The van der Waals surface area contributed by atoms with Gasteiger partial charge in [-0.05, 0) is 31.4 Å². The Hall–Kier alpha value is -2.96. The third-order valence-corrected chi connectivity index (χ3v) is 4.40. The van der Waals surface area contributed by atoms with Gasteiger partial charge >= 0.3 is 6.03 Å². The summed E-state index contributed by atoms with van der Waals surface area (Å²) in [5, 5.41) is 5.36. The van der Waals surface area contributed by atoms with Crippen molar-refractivity contribution in [3.05, 3.63) is 36.0 Å². The van der Waals surface area contributed by atoms with E-state index in [1.807, 2.05) is 31.3 Å². The minimum atomic E-state index is -1.06. The highest BCUT2D eigenvalue weighted by Gasteiger charge is 2.36. The number of imide groups is 2. The lowest BCUT2D eigenvalue weighted by Crippen LogP contribution is -2.57. The lowest BCUT2D eigenvalue weighted by molar-refractivity contribution is -0.132. The number of nitrogens with zero attached hydrogens (tertiary/aromatic N) is 1. The molecule has 1 fully saturated rings. The number of para-hydroxylation sites is 1. The summed E-state index contributed by atoms with van der Waals surface area (Å²) in [6.45, 7) is 3.67. The van der Waals surface area contributed by atoms with Gasteiger partial charge in [0.15, 0.2) is 5.92 Å². The minimum Gasteiger partial charge on any atom is -0.361 e. The number of urea groups is 1. The van der Waals surface area contributed by atoms with Crippen LogP contribution >= 0.6 is 0 Å². The summed E-state index contributed by atoms with van der Waals surface area (Å²) in [5.74, 6) is -2.32. The van der Waals surface area contributed by atoms with E-state index in [2.05, 4.69) is 26.7 Å². The highest BCUT2D eigenvalue weighted by atomic mass is 16.2. The van der Waals surface area contributed by atoms with E-state index in [1.165, 1.54) is 0 Å². The zero-order valence-electron chi connectivity index (χ0n) is 14.1.